The quantitative estimate of drug-likeness (QED) is 0.756. The van der Waals surface area contributed by atoms with E-state index in [0.29, 0.717) is 6.42 Å². The van der Waals surface area contributed by atoms with Gasteiger partial charge in [0.1, 0.15) is 0 Å². The lowest BCUT2D eigenvalue weighted by molar-refractivity contribution is 0.0569. The van der Waals surface area contributed by atoms with E-state index in [0.717, 1.165) is 25.3 Å². The van der Waals surface area contributed by atoms with E-state index in [-0.39, 0.29) is 0 Å². The molecule has 0 saturated carbocycles. The van der Waals surface area contributed by atoms with Crippen molar-refractivity contribution in [2.75, 3.05) is 0 Å². The number of fused-ring (bicyclic) bond motifs is 1. The number of halogens is 1. The molecule has 0 spiro atoms. The fourth-order valence-corrected chi connectivity index (χ4v) is 4.11. The van der Waals surface area contributed by atoms with Crippen LogP contribution in [0.15, 0.2) is 53.0 Å². The second-order valence-corrected chi connectivity index (χ2v) is 6.98. The van der Waals surface area contributed by atoms with E-state index in [1.165, 1.54) is 0 Å². The SMILES string of the molecule is CC(O)(Cc1nc2ccccc2s1)c1ccccc1Br. The average Bonchev–Trinajstić information content (AvgIpc) is 2.80. The normalized spacial score (nSPS) is 14.3. The summed E-state index contributed by atoms with van der Waals surface area (Å²) in [5.41, 5.74) is 0.947. The first-order valence-corrected chi connectivity index (χ1v) is 7.99. The van der Waals surface area contributed by atoms with Crippen molar-refractivity contribution in [2.24, 2.45) is 0 Å². The molecule has 20 heavy (non-hydrogen) atoms. The molecule has 4 heteroatoms. The molecular formula is C16H14BrNOS. The van der Waals surface area contributed by atoms with E-state index in [2.05, 4.69) is 27.0 Å². The Bertz CT molecular complexity index is 718. The Morgan fingerprint density at radius 1 is 1.15 bits per heavy atom. The number of aliphatic hydroxyl groups is 1. The number of nitrogens with zero attached hydrogens (tertiary/aromatic N) is 1. The Morgan fingerprint density at radius 3 is 2.60 bits per heavy atom. The summed E-state index contributed by atoms with van der Waals surface area (Å²) in [7, 11) is 0. The molecule has 0 bridgehead atoms. The Balaban J connectivity index is 1.95. The zero-order chi connectivity index (χ0) is 14.2. The Morgan fingerprint density at radius 2 is 1.85 bits per heavy atom. The molecule has 1 atom stereocenters. The van der Waals surface area contributed by atoms with Gasteiger partial charge >= 0.3 is 0 Å². The maximum atomic E-state index is 10.8. The van der Waals surface area contributed by atoms with Gasteiger partial charge in [-0.05, 0) is 30.7 Å². The molecule has 0 aliphatic carbocycles. The number of rotatable bonds is 3. The maximum absolute atomic E-state index is 10.8. The first kappa shape index (κ1) is 13.7. The third-order valence-electron chi connectivity index (χ3n) is 3.29. The summed E-state index contributed by atoms with van der Waals surface area (Å²) in [6, 6.07) is 15.8. The smallest absolute Gasteiger partial charge is 0.0970 e. The van der Waals surface area contributed by atoms with Crippen LogP contribution in [0.2, 0.25) is 0 Å². The molecule has 1 aromatic heterocycles. The molecule has 2 aromatic carbocycles. The molecule has 0 radical (unpaired) electrons. The maximum Gasteiger partial charge on any atom is 0.0970 e. The number of hydrogen-bond donors (Lipinski definition) is 1. The van der Waals surface area contributed by atoms with E-state index in [1.807, 2.05) is 49.4 Å². The van der Waals surface area contributed by atoms with E-state index >= 15 is 0 Å². The van der Waals surface area contributed by atoms with Crippen LogP contribution in [0.25, 0.3) is 10.2 Å². The van der Waals surface area contributed by atoms with Gasteiger partial charge in [0.15, 0.2) is 0 Å². The van der Waals surface area contributed by atoms with Gasteiger partial charge in [0, 0.05) is 10.9 Å². The van der Waals surface area contributed by atoms with E-state index in [1.54, 1.807) is 11.3 Å². The van der Waals surface area contributed by atoms with Crippen LogP contribution in [0.3, 0.4) is 0 Å². The first-order valence-electron chi connectivity index (χ1n) is 6.38. The molecule has 1 unspecified atom stereocenters. The van der Waals surface area contributed by atoms with Crippen LogP contribution >= 0.6 is 27.3 Å². The molecule has 102 valence electrons. The second kappa shape index (κ2) is 5.28. The average molecular weight is 348 g/mol. The van der Waals surface area contributed by atoms with Crippen LogP contribution in [0.5, 0.6) is 0 Å². The summed E-state index contributed by atoms with van der Waals surface area (Å²) in [6.07, 6.45) is 0.509. The van der Waals surface area contributed by atoms with Gasteiger partial charge in [0.05, 0.1) is 20.8 Å². The third-order valence-corrected chi connectivity index (χ3v) is 5.02. The van der Waals surface area contributed by atoms with Gasteiger partial charge in [0.2, 0.25) is 0 Å². The Labute approximate surface area is 130 Å². The molecule has 3 aromatic rings. The number of benzene rings is 2. The Hall–Kier alpha value is -1.23. The zero-order valence-electron chi connectivity index (χ0n) is 11.0. The number of aromatic nitrogens is 1. The zero-order valence-corrected chi connectivity index (χ0v) is 13.4. The standard InChI is InChI=1S/C16H14BrNOS/c1-16(19,11-6-2-3-7-12(11)17)10-15-18-13-8-4-5-9-14(13)20-15/h2-9,19H,10H2,1H3. The van der Waals surface area contributed by atoms with Crippen LogP contribution in [0.1, 0.15) is 17.5 Å². The predicted octanol–water partition coefficient (Wildman–Crippen LogP) is 4.51. The van der Waals surface area contributed by atoms with Gasteiger partial charge in [-0.15, -0.1) is 11.3 Å². The second-order valence-electron chi connectivity index (χ2n) is 5.01. The lowest BCUT2D eigenvalue weighted by Gasteiger charge is -2.23. The van der Waals surface area contributed by atoms with Crippen molar-refractivity contribution < 1.29 is 5.11 Å². The van der Waals surface area contributed by atoms with Crippen LogP contribution < -0.4 is 0 Å². The highest BCUT2D eigenvalue weighted by molar-refractivity contribution is 9.10. The molecule has 2 nitrogen and oxygen atoms in total. The summed E-state index contributed by atoms with van der Waals surface area (Å²) in [6.45, 7) is 1.83. The van der Waals surface area contributed by atoms with Gasteiger partial charge in [-0.3, -0.25) is 0 Å². The summed E-state index contributed by atoms with van der Waals surface area (Å²) >= 11 is 5.14. The predicted molar refractivity (Wildman–Crippen MR) is 87.0 cm³/mol. The van der Waals surface area contributed by atoms with E-state index in [9.17, 15) is 5.11 Å². The molecule has 0 aliphatic rings. The minimum Gasteiger partial charge on any atom is -0.385 e. The number of hydrogen-bond acceptors (Lipinski definition) is 3. The van der Waals surface area contributed by atoms with E-state index < -0.39 is 5.60 Å². The van der Waals surface area contributed by atoms with Crippen molar-refractivity contribution in [3.05, 3.63) is 63.6 Å². The third kappa shape index (κ3) is 2.64. The highest BCUT2D eigenvalue weighted by Crippen LogP contribution is 2.33. The monoisotopic (exact) mass is 347 g/mol. The molecule has 0 amide bonds. The molecule has 0 aliphatic heterocycles. The van der Waals surface area contributed by atoms with Gasteiger partial charge in [-0.2, -0.15) is 0 Å². The summed E-state index contributed by atoms with van der Waals surface area (Å²) in [4.78, 5) is 4.60. The van der Waals surface area contributed by atoms with Crippen LogP contribution in [-0.2, 0) is 12.0 Å². The van der Waals surface area contributed by atoms with Crippen molar-refractivity contribution in [1.82, 2.24) is 4.98 Å². The Kier molecular flexibility index (Phi) is 3.63. The van der Waals surface area contributed by atoms with Crippen molar-refractivity contribution >= 4 is 37.5 Å². The van der Waals surface area contributed by atoms with Crippen LogP contribution in [0, 0.1) is 0 Å². The van der Waals surface area contributed by atoms with Gasteiger partial charge in [-0.25, -0.2) is 4.98 Å². The summed E-state index contributed by atoms with van der Waals surface area (Å²) < 4.78 is 2.08. The lowest BCUT2D eigenvalue weighted by Crippen LogP contribution is -2.24. The van der Waals surface area contributed by atoms with Crippen molar-refractivity contribution in [3.8, 4) is 0 Å². The number of thiazole rings is 1. The van der Waals surface area contributed by atoms with Crippen molar-refractivity contribution in [2.45, 2.75) is 18.9 Å². The van der Waals surface area contributed by atoms with Crippen LogP contribution in [-0.4, -0.2) is 10.1 Å². The highest BCUT2D eigenvalue weighted by atomic mass is 79.9. The first-order chi connectivity index (χ1) is 9.56. The van der Waals surface area contributed by atoms with Gasteiger partial charge in [0.25, 0.3) is 0 Å². The summed E-state index contributed by atoms with van der Waals surface area (Å²) in [5, 5.41) is 11.7. The summed E-state index contributed by atoms with van der Waals surface area (Å²) in [5.74, 6) is 0. The van der Waals surface area contributed by atoms with E-state index in [4.69, 9.17) is 0 Å². The van der Waals surface area contributed by atoms with Gasteiger partial charge in [-0.1, -0.05) is 46.3 Å². The molecular weight excluding hydrogens is 334 g/mol. The topological polar surface area (TPSA) is 33.1 Å². The largest absolute Gasteiger partial charge is 0.385 e. The minimum absolute atomic E-state index is 0.509. The van der Waals surface area contributed by atoms with Crippen molar-refractivity contribution in [3.63, 3.8) is 0 Å². The number of para-hydroxylation sites is 1. The molecule has 0 fully saturated rings. The molecule has 0 saturated heterocycles. The lowest BCUT2D eigenvalue weighted by atomic mass is 9.93. The van der Waals surface area contributed by atoms with Gasteiger partial charge < -0.3 is 5.11 Å². The highest BCUT2D eigenvalue weighted by Gasteiger charge is 2.27. The fourth-order valence-electron chi connectivity index (χ4n) is 2.28. The molecule has 3 rings (SSSR count). The molecule has 1 heterocycles. The minimum atomic E-state index is -0.937. The van der Waals surface area contributed by atoms with Crippen LogP contribution in [0.4, 0.5) is 0 Å². The molecule has 1 N–H and O–H groups in total. The van der Waals surface area contributed by atoms with Crippen molar-refractivity contribution in [1.29, 1.82) is 0 Å². The fraction of sp³-hybridized carbons (Fsp3) is 0.188.